The molecule has 102 valence electrons. The van der Waals surface area contributed by atoms with Crippen molar-refractivity contribution in [2.75, 3.05) is 19.3 Å². The summed E-state index contributed by atoms with van der Waals surface area (Å²) in [6.07, 6.45) is 0. The van der Waals surface area contributed by atoms with Crippen molar-refractivity contribution in [3.8, 4) is 5.75 Å². The number of hydrogen-bond donors (Lipinski definition) is 3. The predicted octanol–water partition coefficient (Wildman–Crippen LogP) is 1.34. The van der Waals surface area contributed by atoms with Crippen LogP contribution in [0.3, 0.4) is 0 Å². The van der Waals surface area contributed by atoms with Gasteiger partial charge in [0.05, 0.1) is 10.8 Å². The lowest BCUT2D eigenvalue weighted by molar-refractivity contribution is 0.465. The van der Waals surface area contributed by atoms with Gasteiger partial charge in [0.1, 0.15) is 5.75 Å². The third-order valence-electron chi connectivity index (χ3n) is 2.28. The molecule has 0 amide bonds. The first kappa shape index (κ1) is 15.5. The van der Waals surface area contributed by atoms with Gasteiger partial charge in [-0.1, -0.05) is 23.2 Å². The zero-order valence-electron chi connectivity index (χ0n) is 9.70. The Morgan fingerprint density at radius 1 is 1.33 bits per heavy atom. The summed E-state index contributed by atoms with van der Waals surface area (Å²) >= 11 is 11.6. The third-order valence-corrected chi connectivity index (χ3v) is 4.15. The Hall–Kier alpha value is -0.530. The van der Waals surface area contributed by atoms with E-state index in [4.69, 9.17) is 23.2 Å². The molecule has 1 aromatic carbocycles. The molecule has 0 aliphatic heterocycles. The maximum atomic E-state index is 11.1. The van der Waals surface area contributed by atoms with Gasteiger partial charge in [-0.05, 0) is 19.2 Å². The lowest BCUT2D eigenvalue weighted by atomic mass is 10.2. The lowest BCUT2D eigenvalue weighted by Crippen LogP contribution is -2.29. The second kappa shape index (κ2) is 6.58. The number of nitrogens with one attached hydrogen (secondary N) is 2. The molecule has 0 aliphatic carbocycles. The highest BCUT2D eigenvalue weighted by atomic mass is 35.5. The largest absolute Gasteiger partial charge is 0.506 e. The topological polar surface area (TPSA) is 78.4 Å². The van der Waals surface area contributed by atoms with Crippen LogP contribution in [0.15, 0.2) is 12.1 Å². The summed E-state index contributed by atoms with van der Waals surface area (Å²) < 4.78 is 24.5. The van der Waals surface area contributed by atoms with E-state index in [0.29, 0.717) is 10.6 Å². The van der Waals surface area contributed by atoms with E-state index in [0.717, 1.165) is 0 Å². The zero-order chi connectivity index (χ0) is 13.8. The molecule has 8 heteroatoms. The molecule has 0 aliphatic rings. The Bertz CT molecular complexity index is 520. The standard InChI is InChI=1S/C10H14Cl2N2O3S/c1-13-18(16,17)3-2-14-6-7-4-8(11)5-9(12)10(7)15/h4-5,13-15H,2-3,6H2,1H3. The van der Waals surface area contributed by atoms with Gasteiger partial charge < -0.3 is 10.4 Å². The van der Waals surface area contributed by atoms with Gasteiger partial charge in [0.15, 0.2) is 0 Å². The molecule has 3 N–H and O–H groups in total. The summed E-state index contributed by atoms with van der Waals surface area (Å²) in [6.45, 7) is 0.540. The Morgan fingerprint density at radius 2 is 2.00 bits per heavy atom. The first-order chi connectivity index (χ1) is 8.35. The van der Waals surface area contributed by atoms with Gasteiger partial charge in [0.25, 0.3) is 0 Å². The second-order valence-corrected chi connectivity index (χ2v) is 6.48. The number of aromatic hydroxyl groups is 1. The maximum Gasteiger partial charge on any atom is 0.212 e. The molecule has 0 radical (unpaired) electrons. The molecule has 0 atom stereocenters. The van der Waals surface area contributed by atoms with Gasteiger partial charge in [-0.25, -0.2) is 13.1 Å². The Morgan fingerprint density at radius 3 is 2.61 bits per heavy atom. The van der Waals surface area contributed by atoms with Crippen LogP contribution in [0.2, 0.25) is 10.0 Å². The van der Waals surface area contributed by atoms with Crippen molar-refractivity contribution in [3.05, 3.63) is 27.7 Å². The quantitative estimate of drug-likeness (QED) is 0.693. The molecular weight excluding hydrogens is 299 g/mol. The number of phenolic OH excluding ortho intramolecular Hbond substituents is 1. The summed E-state index contributed by atoms with van der Waals surface area (Å²) in [5, 5.41) is 13.1. The lowest BCUT2D eigenvalue weighted by Gasteiger charge is -2.09. The van der Waals surface area contributed by atoms with E-state index in [1.54, 1.807) is 6.07 Å². The van der Waals surface area contributed by atoms with E-state index in [9.17, 15) is 13.5 Å². The molecule has 0 heterocycles. The van der Waals surface area contributed by atoms with Crippen LogP contribution < -0.4 is 10.0 Å². The fourth-order valence-electron chi connectivity index (χ4n) is 1.29. The van der Waals surface area contributed by atoms with Crippen molar-refractivity contribution in [1.82, 2.24) is 10.0 Å². The van der Waals surface area contributed by atoms with Gasteiger partial charge in [0.2, 0.25) is 10.0 Å². The first-order valence-electron chi connectivity index (χ1n) is 5.14. The van der Waals surface area contributed by atoms with Crippen LogP contribution in [-0.2, 0) is 16.6 Å². The number of rotatable bonds is 6. The van der Waals surface area contributed by atoms with Gasteiger partial charge in [0, 0.05) is 23.7 Å². The van der Waals surface area contributed by atoms with Crippen LogP contribution in [0.5, 0.6) is 5.75 Å². The molecule has 1 aromatic rings. The summed E-state index contributed by atoms with van der Waals surface area (Å²) in [4.78, 5) is 0. The van der Waals surface area contributed by atoms with Gasteiger partial charge in [-0.2, -0.15) is 0 Å². The number of hydrogen-bond acceptors (Lipinski definition) is 4. The van der Waals surface area contributed by atoms with Gasteiger partial charge in [-0.3, -0.25) is 0 Å². The van der Waals surface area contributed by atoms with Crippen LogP contribution in [0.25, 0.3) is 0 Å². The summed E-state index contributed by atoms with van der Waals surface area (Å²) in [5.74, 6) is -0.0940. The average molecular weight is 313 g/mol. The first-order valence-corrected chi connectivity index (χ1v) is 7.55. The smallest absolute Gasteiger partial charge is 0.212 e. The van der Waals surface area contributed by atoms with Crippen LogP contribution in [0, 0.1) is 0 Å². The van der Waals surface area contributed by atoms with E-state index in [-0.39, 0.29) is 29.6 Å². The molecule has 0 fully saturated rings. The fourth-order valence-corrected chi connectivity index (χ4v) is 2.44. The van der Waals surface area contributed by atoms with E-state index in [2.05, 4.69) is 10.0 Å². The van der Waals surface area contributed by atoms with Crippen molar-refractivity contribution >= 4 is 33.2 Å². The second-order valence-electron chi connectivity index (χ2n) is 3.60. The van der Waals surface area contributed by atoms with E-state index in [1.165, 1.54) is 13.1 Å². The number of benzene rings is 1. The van der Waals surface area contributed by atoms with Crippen molar-refractivity contribution in [1.29, 1.82) is 0 Å². The highest BCUT2D eigenvalue weighted by molar-refractivity contribution is 7.89. The third kappa shape index (κ3) is 4.62. The van der Waals surface area contributed by atoms with E-state index in [1.807, 2.05) is 0 Å². The molecule has 0 aromatic heterocycles. The van der Waals surface area contributed by atoms with Crippen molar-refractivity contribution < 1.29 is 13.5 Å². The molecule has 1 rings (SSSR count). The van der Waals surface area contributed by atoms with Crippen LogP contribution in [-0.4, -0.2) is 32.9 Å². The van der Waals surface area contributed by atoms with Gasteiger partial charge in [-0.15, -0.1) is 0 Å². The van der Waals surface area contributed by atoms with Crippen molar-refractivity contribution in [2.45, 2.75) is 6.54 Å². The van der Waals surface area contributed by atoms with Gasteiger partial charge >= 0.3 is 0 Å². The Balaban J connectivity index is 2.55. The summed E-state index contributed by atoms with van der Waals surface area (Å²) in [5.41, 5.74) is 0.523. The van der Waals surface area contributed by atoms with Crippen molar-refractivity contribution in [3.63, 3.8) is 0 Å². The van der Waals surface area contributed by atoms with Crippen LogP contribution >= 0.6 is 23.2 Å². The van der Waals surface area contributed by atoms with Crippen molar-refractivity contribution in [2.24, 2.45) is 0 Å². The highest BCUT2D eigenvalue weighted by Gasteiger charge is 2.09. The molecule has 0 saturated heterocycles. The molecule has 18 heavy (non-hydrogen) atoms. The summed E-state index contributed by atoms with van der Waals surface area (Å²) in [7, 11) is -1.87. The van der Waals surface area contributed by atoms with Crippen LogP contribution in [0.1, 0.15) is 5.56 Å². The molecule has 5 nitrogen and oxygen atoms in total. The van der Waals surface area contributed by atoms with E-state index >= 15 is 0 Å². The normalized spacial score (nSPS) is 11.7. The maximum absolute atomic E-state index is 11.1. The fraction of sp³-hybridized carbons (Fsp3) is 0.400. The minimum Gasteiger partial charge on any atom is -0.506 e. The summed E-state index contributed by atoms with van der Waals surface area (Å²) in [6, 6.07) is 3.01. The number of phenols is 1. The molecular formula is C10H14Cl2N2O3S. The molecule has 0 spiro atoms. The molecule has 0 bridgehead atoms. The predicted molar refractivity (Wildman–Crippen MR) is 72.7 cm³/mol. The van der Waals surface area contributed by atoms with E-state index < -0.39 is 10.0 Å². The average Bonchev–Trinajstić information content (AvgIpc) is 2.30. The van der Waals surface area contributed by atoms with Crippen LogP contribution in [0.4, 0.5) is 0 Å². The zero-order valence-corrected chi connectivity index (χ0v) is 12.0. The molecule has 0 saturated carbocycles. The Labute approximate surface area is 116 Å². The molecule has 0 unspecified atom stereocenters. The SMILES string of the molecule is CNS(=O)(=O)CCNCc1cc(Cl)cc(Cl)c1O. The highest BCUT2D eigenvalue weighted by Crippen LogP contribution is 2.30. The minimum atomic E-state index is -3.23. The monoisotopic (exact) mass is 312 g/mol. The Kier molecular flexibility index (Phi) is 5.68. The number of sulfonamides is 1. The minimum absolute atomic E-state index is 0.0431. The number of halogens is 2.